The lowest BCUT2D eigenvalue weighted by Crippen LogP contribution is -2.11. The highest BCUT2D eigenvalue weighted by Crippen LogP contribution is 2.25. The maximum atomic E-state index is 12.1. The number of anilines is 1. The second-order valence-electron chi connectivity index (χ2n) is 4.00. The predicted molar refractivity (Wildman–Crippen MR) is 77.2 cm³/mol. The van der Waals surface area contributed by atoms with E-state index >= 15 is 0 Å². The van der Waals surface area contributed by atoms with Crippen molar-refractivity contribution in [3.05, 3.63) is 45.8 Å². The number of benzene rings is 1. The molecule has 2 rings (SSSR count). The second kappa shape index (κ2) is 5.50. The molecular formula is C12H12ClNO3S2. The van der Waals surface area contributed by atoms with Crippen molar-refractivity contribution in [2.45, 2.75) is 17.7 Å². The van der Waals surface area contributed by atoms with Crippen LogP contribution in [0.5, 0.6) is 0 Å². The first kappa shape index (κ1) is 14.3. The van der Waals surface area contributed by atoms with Gasteiger partial charge in [-0.25, -0.2) is 8.42 Å². The number of sulfonamides is 1. The van der Waals surface area contributed by atoms with Gasteiger partial charge in [-0.05, 0) is 41.6 Å². The molecule has 0 aliphatic rings. The second-order valence-corrected chi connectivity index (χ2v) is 7.23. The molecule has 7 heteroatoms. The van der Waals surface area contributed by atoms with E-state index in [0.717, 1.165) is 16.9 Å². The van der Waals surface area contributed by atoms with E-state index in [1.807, 2.05) is 6.92 Å². The van der Waals surface area contributed by atoms with Crippen molar-refractivity contribution < 1.29 is 13.5 Å². The Labute approximate surface area is 120 Å². The van der Waals surface area contributed by atoms with Crippen LogP contribution in [0.4, 0.5) is 5.69 Å². The number of hydrogen-bond acceptors (Lipinski definition) is 4. The summed E-state index contributed by atoms with van der Waals surface area (Å²) in [7, 11) is -3.63. The van der Waals surface area contributed by atoms with Gasteiger partial charge in [-0.15, -0.1) is 11.3 Å². The fraction of sp³-hybridized carbons (Fsp3) is 0.167. The Kier molecular flexibility index (Phi) is 4.15. The number of aryl methyl sites for hydroxylation is 1. The Morgan fingerprint density at radius 2 is 2.11 bits per heavy atom. The lowest BCUT2D eigenvalue weighted by molar-refractivity contribution is 0.282. The van der Waals surface area contributed by atoms with Crippen molar-refractivity contribution in [3.8, 4) is 0 Å². The number of rotatable bonds is 4. The molecule has 0 atom stereocenters. The Morgan fingerprint density at radius 3 is 2.68 bits per heavy atom. The summed E-state index contributed by atoms with van der Waals surface area (Å²) in [5, 5.41) is 11.1. The monoisotopic (exact) mass is 317 g/mol. The highest BCUT2D eigenvalue weighted by atomic mass is 35.5. The van der Waals surface area contributed by atoms with Crippen molar-refractivity contribution in [1.82, 2.24) is 0 Å². The van der Waals surface area contributed by atoms with E-state index in [4.69, 9.17) is 16.7 Å². The van der Waals surface area contributed by atoms with Crippen LogP contribution >= 0.6 is 22.9 Å². The summed E-state index contributed by atoms with van der Waals surface area (Å²) in [6.45, 7) is 1.66. The third-order valence-electron chi connectivity index (χ3n) is 2.50. The molecule has 0 aliphatic carbocycles. The zero-order valence-corrected chi connectivity index (χ0v) is 12.4. The third-order valence-corrected chi connectivity index (χ3v) is 5.78. The molecular weight excluding hydrogens is 306 g/mol. The highest BCUT2D eigenvalue weighted by molar-refractivity contribution is 7.94. The molecule has 1 heterocycles. The Hall–Kier alpha value is -1.08. The molecule has 19 heavy (non-hydrogen) atoms. The minimum absolute atomic E-state index is 0.160. The maximum Gasteiger partial charge on any atom is 0.271 e. The normalized spacial score (nSPS) is 11.5. The van der Waals surface area contributed by atoms with E-state index in [2.05, 4.69) is 4.72 Å². The first-order chi connectivity index (χ1) is 8.92. The first-order valence-corrected chi connectivity index (χ1v) is 8.14. The van der Waals surface area contributed by atoms with Crippen LogP contribution in [0.15, 0.2) is 33.9 Å². The van der Waals surface area contributed by atoms with Crippen LogP contribution in [0.2, 0.25) is 5.02 Å². The number of halogens is 1. The smallest absolute Gasteiger partial charge is 0.271 e. The van der Waals surface area contributed by atoms with Gasteiger partial charge in [0.2, 0.25) is 0 Å². The van der Waals surface area contributed by atoms with Crippen molar-refractivity contribution >= 4 is 38.6 Å². The summed E-state index contributed by atoms with van der Waals surface area (Å²) in [6, 6.07) is 6.41. The molecule has 2 N–H and O–H groups in total. The van der Waals surface area contributed by atoms with Crippen LogP contribution in [-0.2, 0) is 16.6 Å². The zero-order chi connectivity index (χ0) is 14.0. The molecule has 0 spiro atoms. The predicted octanol–water partition coefficient (Wildman–Crippen LogP) is 3.00. The van der Waals surface area contributed by atoms with Crippen LogP contribution in [0, 0.1) is 6.92 Å². The van der Waals surface area contributed by atoms with E-state index in [-0.39, 0.29) is 10.8 Å². The van der Waals surface area contributed by atoms with Gasteiger partial charge in [-0.1, -0.05) is 17.7 Å². The lowest BCUT2D eigenvalue weighted by atomic mass is 10.2. The summed E-state index contributed by atoms with van der Waals surface area (Å²) in [5.41, 5.74) is 1.87. The van der Waals surface area contributed by atoms with Crippen molar-refractivity contribution in [3.63, 3.8) is 0 Å². The van der Waals surface area contributed by atoms with Gasteiger partial charge in [0.1, 0.15) is 4.21 Å². The number of hydrogen-bond donors (Lipinski definition) is 2. The molecule has 2 aromatic rings. The number of aliphatic hydroxyl groups excluding tert-OH is 1. The van der Waals surface area contributed by atoms with E-state index in [9.17, 15) is 8.42 Å². The van der Waals surface area contributed by atoms with Gasteiger partial charge in [0.15, 0.2) is 0 Å². The van der Waals surface area contributed by atoms with Crippen LogP contribution < -0.4 is 4.72 Å². The van der Waals surface area contributed by atoms with Gasteiger partial charge in [0, 0.05) is 5.02 Å². The van der Waals surface area contributed by atoms with Gasteiger partial charge in [-0.2, -0.15) is 0 Å². The average Bonchev–Trinajstić information content (AvgIpc) is 2.83. The minimum Gasteiger partial charge on any atom is -0.392 e. The maximum absolute atomic E-state index is 12.1. The summed E-state index contributed by atoms with van der Waals surface area (Å²) < 4.78 is 26.8. The van der Waals surface area contributed by atoms with Crippen molar-refractivity contribution in [2.24, 2.45) is 0 Å². The molecule has 1 aromatic heterocycles. The summed E-state index contributed by atoms with van der Waals surface area (Å²) in [5.74, 6) is 0. The van der Waals surface area contributed by atoms with Gasteiger partial charge in [-0.3, -0.25) is 4.72 Å². The average molecular weight is 318 g/mol. The molecule has 0 saturated carbocycles. The molecule has 0 unspecified atom stereocenters. The van der Waals surface area contributed by atoms with Gasteiger partial charge in [0.25, 0.3) is 10.0 Å². The number of nitrogens with one attached hydrogen (secondary N) is 1. The third kappa shape index (κ3) is 3.27. The summed E-state index contributed by atoms with van der Waals surface area (Å²) in [4.78, 5) is 0. The molecule has 0 radical (unpaired) electrons. The Balaban J connectivity index is 2.28. The van der Waals surface area contributed by atoms with Crippen LogP contribution in [0.3, 0.4) is 0 Å². The van der Waals surface area contributed by atoms with Crippen LogP contribution in [0.1, 0.15) is 11.1 Å². The van der Waals surface area contributed by atoms with E-state index in [1.165, 1.54) is 6.07 Å². The van der Waals surface area contributed by atoms with Gasteiger partial charge < -0.3 is 5.11 Å². The van der Waals surface area contributed by atoms with E-state index < -0.39 is 10.0 Å². The lowest BCUT2D eigenvalue weighted by Gasteiger charge is -2.07. The summed E-state index contributed by atoms with van der Waals surface area (Å²) in [6.07, 6.45) is 0. The molecule has 1 aromatic carbocycles. The Bertz CT molecular complexity index is 695. The van der Waals surface area contributed by atoms with Crippen LogP contribution in [-0.4, -0.2) is 13.5 Å². The van der Waals surface area contributed by atoms with Crippen LogP contribution in [0.25, 0.3) is 0 Å². The number of thiophene rings is 1. The number of aliphatic hydroxyl groups is 1. The summed E-state index contributed by atoms with van der Waals surface area (Å²) >= 11 is 7.01. The molecule has 102 valence electrons. The fourth-order valence-corrected chi connectivity index (χ4v) is 3.87. The van der Waals surface area contributed by atoms with E-state index in [0.29, 0.717) is 16.3 Å². The topological polar surface area (TPSA) is 66.4 Å². The highest BCUT2D eigenvalue weighted by Gasteiger charge is 2.17. The van der Waals surface area contributed by atoms with Gasteiger partial charge in [0.05, 0.1) is 12.3 Å². The fourth-order valence-electron chi connectivity index (χ4n) is 1.44. The SMILES string of the molecule is Cc1ccc(NS(=O)(=O)c2cc(CO)cs2)cc1Cl. The standard InChI is InChI=1S/C12H12ClNO3S2/c1-8-2-3-10(5-11(8)13)14-19(16,17)12-4-9(6-15)7-18-12/h2-5,7,14-15H,6H2,1H3. The Morgan fingerprint density at radius 1 is 1.37 bits per heavy atom. The minimum atomic E-state index is -3.63. The quantitative estimate of drug-likeness (QED) is 0.911. The molecule has 0 fully saturated rings. The molecule has 4 nitrogen and oxygen atoms in total. The van der Waals surface area contributed by atoms with E-state index in [1.54, 1.807) is 23.6 Å². The van der Waals surface area contributed by atoms with Crippen molar-refractivity contribution in [1.29, 1.82) is 0 Å². The zero-order valence-electron chi connectivity index (χ0n) is 10.1. The molecule has 0 bridgehead atoms. The molecule has 0 aliphatic heterocycles. The van der Waals surface area contributed by atoms with Crippen molar-refractivity contribution in [2.75, 3.05) is 4.72 Å². The largest absolute Gasteiger partial charge is 0.392 e. The van der Waals surface area contributed by atoms with Gasteiger partial charge >= 0.3 is 0 Å². The molecule has 0 amide bonds. The first-order valence-electron chi connectivity index (χ1n) is 5.39. The molecule has 0 saturated heterocycles.